The number of benzene rings is 1. The summed E-state index contributed by atoms with van der Waals surface area (Å²) in [6.07, 6.45) is 7.57. The number of aromatic amines is 1. The third-order valence-electron chi connectivity index (χ3n) is 5.73. The molecule has 2 unspecified atom stereocenters. The minimum absolute atomic E-state index is 0.0360. The summed E-state index contributed by atoms with van der Waals surface area (Å²) in [4.78, 5) is 20.5. The Morgan fingerprint density at radius 1 is 1.28 bits per heavy atom. The van der Waals surface area contributed by atoms with E-state index in [4.69, 9.17) is 4.74 Å². The Hall–Kier alpha value is -1.99. The van der Waals surface area contributed by atoms with E-state index in [0.29, 0.717) is 23.1 Å². The molecule has 1 aliphatic carbocycles. The fourth-order valence-corrected chi connectivity index (χ4v) is 4.29. The second kappa shape index (κ2) is 9.22. The number of carbonyl (C=O) groups excluding carboxylic acids is 1. The zero-order valence-corrected chi connectivity index (χ0v) is 18.2. The Labute approximate surface area is 173 Å². The van der Waals surface area contributed by atoms with Gasteiger partial charge in [-0.1, -0.05) is 25.5 Å². The van der Waals surface area contributed by atoms with Gasteiger partial charge in [-0.2, -0.15) is 0 Å². The predicted molar refractivity (Wildman–Crippen MR) is 112 cm³/mol. The lowest BCUT2D eigenvalue weighted by Gasteiger charge is -2.22. The van der Waals surface area contributed by atoms with E-state index >= 15 is 0 Å². The third-order valence-corrected chi connectivity index (χ3v) is 6.85. The van der Waals surface area contributed by atoms with Gasteiger partial charge < -0.3 is 9.72 Å². The zero-order valence-electron chi connectivity index (χ0n) is 17.3. The quantitative estimate of drug-likeness (QED) is 0.557. The first-order chi connectivity index (χ1) is 13.8. The van der Waals surface area contributed by atoms with Crippen LogP contribution in [0.3, 0.4) is 0 Å². The summed E-state index contributed by atoms with van der Waals surface area (Å²) < 4.78 is 28.9. The van der Waals surface area contributed by atoms with E-state index in [1.165, 1.54) is 6.26 Å². The van der Waals surface area contributed by atoms with Crippen LogP contribution in [0, 0.1) is 11.8 Å². The number of nitrogens with zero attached hydrogens (tertiary/aromatic N) is 1. The molecule has 0 spiro atoms. The maximum absolute atomic E-state index is 12.4. The fourth-order valence-electron chi connectivity index (χ4n) is 3.66. The number of carbonyl (C=O) groups is 1. The molecule has 1 saturated carbocycles. The number of ether oxygens (including phenoxy) is 1. The van der Waals surface area contributed by atoms with Crippen molar-refractivity contribution in [2.45, 2.75) is 49.8 Å². The molecule has 1 heterocycles. The van der Waals surface area contributed by atoms with Crippen LogP contribution in [0.5, 0.6) is 0 Å². The maximum atomic E-state index is 12.4. The van der Waals surface area contributed by atoms with E-state index in [9.17, 15) is 13.2 Å². The van der Waals surface area contributed by atoms with Crippen LogP contribution in [0.15, 0.2) is 35.4 Å². The van der Waals surface area contributed by atoms with E-state index in [-0.39, 0.29) is 17.6 Å². The number of hydrogen-bond donors (Lipinski definition) is 1. The lowest BCUT2D eigenvalue weighted by Crippen LogP contribution is -2.13. The topological polar surface area (TPSA) is 89.1 Å². The number of aromatic nitrogens is 2. The van der Waals surface area contributed by atoms with Crippen LogP contribution < -0.4 is 0 Å². The molecule has 2 aromatic rings. The van der Waals surface area contributed by atoms with Crippen LogP contribution in [-0.2, 0) is 14.6 Å². The van der Waals surface area contributed by atoms with Gasteiger partial charge in [0.1, 0.15) is 11.5 Å². The third kappa shape index (κ3) is 5.54. The largest absolute Gasteiger partial charge is 0.385 e. The SMILES string of the molecule is CCC(CCOC)CC(c1ccc(S(C)(=O)=O)cc1)c1ncc(C(=O)C2CC2)[nH]1. The summed E-state index contributed by atoms with van der Waals surface area (Å²) in [6.45, 7) is 2.86. The van der Waals surface area contributed by atoms with Crippen molar-refractivity contribution in [3.8, 4) is 0 Å². The molecule has 1 aliphatic rings. The van der Waals surface area contributed by atoms with E-state index in [1.54, 1.807) is 25.4 Å². The summed E-state index contributed by atoms with van der Waals surface area (Å²) in [5.74, 6) is 1.44. The summed E-state index contributed by atoms with van der Waals surface area (Å²) in [5, 5.41) is 0. The minimum atomic E-state index is -3.24. The second-order valence-electron chi connectivity index (χ2n) is 8.01. The molecular formula is C22H30N2O4S. The highest BCUT2D eigenvalue weighted by Crippen LogP contribution is 2.35. The van der Waals surface area contributed by atoms with E-state index in [2.05, 4.69) is 16.9 Å². The Balaban J connectivity index is 1.89. The molecular weight excluding hydrogens is 388 g/mol. The standard InChI is InChI=1S/C22H30N2O4S/c1-4-15(11-12-28-2)13-19(16-7-9-18(10-8-16)29(3,26)27)22-23-14-20(24-22)21(25)17-5-6-17/h7-10,14-15,17,19H,4-6,11-13H2,1-3H3,(H,23,24). The number of sulfone groups is 1. The van der Waals surface area contributed by atoms with Crippen molar-refractivity contribution in [3.63, 3.8) is 0 Å². The van der Waals surface area contributed by atoms with Crippen LogP contribution in [0.2, 0.25) is 0 Å². The number of nitrogens with one attached hydrogen (secondary N) is 1. The monoisotopic (exact) mass is 418 g/mol. The average Bonchev–Trinajstić information content (AvgIpc) is 3.44. The highest BCUT2D eigenvalue weighted by atomic mass is 32.2. The fraction of sp³-hybridized carbons (Fsp3) is 0.545. The number of Topliss-reactive ketones (excluding diaryl/α,β-unsaturated/α-hetero) is 1. The summed E-state index contributed by atoms with van der Waals surface area (Å²) in [7, 11) is -1.54. The molecule has 1 aromatic heterocycles. The van der Waals surface area contributed by atoms with Crippen LogP contribution in [0.4, 0.5) is 0 Å². The molecule has 1 aromatic carbocycles. The van der Waals surface area contributed by atoms with Gasteiger partial charge in [0.2, 0.25) is 0 Å². The summed E-state index contributed by atoms with van der Waals surface area (Å²) in [5.41, 5.74) is 1.57. The van der Waals surface area contributed by atoms with Crippen molar-refractivity contribution < 1.29 is 17.9 Å². The molecule has 2 atom stereocenters. The molecule has 7 heteroatoms. The predicted octanol–water partition coefficient (Wildman–Crippen LogP) is 3.99. The van der Waals surface area contributed by atoms with Gasteiger partial charge in [-0.05, 0) is 49.3 Å². The normalized spacial score (nSPS) is 16.5. The van der Waals surface area contributed by atoms with Gasteiger partial charge in [0.15, 0.2) is 15.6 Å². The van der Waals surface area contributed by atoms with Crippen LogP contribution in [-0.4, -0.2) is 44.1 Å². The molecule has 0 saturated heterocycles. The van der Waals surface area contributed by atoms with Gasteiger partial charge >= 0.3 is 0 Å². The molecule has 29 heavy (non-hydrogen) atoms. The number of rotatable bonds is 11. The number of hydrogen-bond acceptors (Lipinski definition) is 5. The van der Waals surface area contributed by atoms with Crippen LogP contribution >= 0.6 is 0 Å². The van der Waals surface area contributed by atoms with E-state index in [1.807, 2.05) is 12.1 Å². The number of ketones is 1. The molecule has 1 fully saturated rings. The van der Waals surface area contributed by atoms with Crippen molar-refractivity contribution >= 4 is 15.6 Å². The van der Waals surface area contributed by atoms with Crippen molar-refractivity contribution in [3.05, 3.63) is 47.5 Å². The Bertz CT molecular complexity index is 930. The molecule has 0 bridgehead atoms. The molecule has 0 aliphatic heterocycles. The van der Waals surface area contributed by atoms with Gasteiger partial charge in [0.05, 0.1) is 11.1 Å². The maximum Gasteiger partial charge on any atom is 0.183 e. The zero-order chi connectivity index (χ0) is 21.0. The molecule has 0 radical (unpaired) electrons. The number of imidazole rings is 1. The first-order valence-electron chi connectivity index (χ1n) is 10.2. The molecule has 1 N–H and O–H groups in total. The van der Waals surface area contributed by atoms with Crippen molar-refractivity contribution in [1.82, 2.24) is 9.97 Å². The Morgan fingerprint density at radius 3 is 2.52 bits per heavy atom. The number of methoxy groups -OCH3 is 1. The van der Waals surface area contributed by atoms with Crippen molar-refractivity contribution in [2.75, 3.05) is 20.0 Å². The van der Waals surface area contributed by atoms with Gasteiger partial charge in [-0.15, -0.1) is 0 Å². The highest BCUT2D eigenvalue weighted by molar-refractivity contribution is 7.90. The molecule has 158 valence electrons. The van der Waals surface area contributed by atoms with E-state index in [0.717, 1.165) is 43.5 Å². The van der Waals surface area contributed by atoms with E-state index < -0.39 is 9.84 Å². The van der Waals surface area contributed by atoms with Gasteiger partial charge in [0, 0.05) is 31.8 Å². The summed E-state index contributed by atoms with van der Waals surface area (Å²) >= 11 is 0. The Kier molecular flexibility index (Phi) is 6.90. The van der Waals surface area contributed by atoms with Gasteiger partial charge in [0.25, 0.3) is 0 Å². The summed E-state index contributed by atoms with van der Waals surface area (Å²) in [6, 6.07) is 7.00. The van der Waals surface area contributed by atoms with Gasteiger partial charge in [-0.25, -0.2) is 13.4 Å². The smallest absolute Gasteiger partial charge is 0.183 e. The Morgan fingerprint density at radius 2 is 1.97 bits per heavy atom. The van der Waals surface area contributed by atoms with Crippen molar-refractivity contribution in [2.24, 2.45) is 11.8 Å². The molecule has 0 amide bonds. The number of H-pyrrole nitrogens is 1. The lowest BCUT2D eigenvalue weighted by atomic mass is 9.85. The van der Waals surface area contributed by atoms with Crippen LogP contribution in [0.1, 0.15) is 66.8 Å². The minimum Gasteiger partial charge on any atom is -0.385 e. The van der Waals surface area contributed by atoms with Gasteiger partial charge in [-0.3, -0.25) is 4.79 Å². The lowest BCUT2D eigenvalue weighted by molar-refractivity contribution is 0.0963. The first kappa shape index (κ1) is 21.7. The molecule has 6 nitrogen and oxygen atoms in total. The van der Waals surface area contributed by atoms with Crippen molar-refractivity contribution in [1.29, 1.82) is 0 Å². The van der Waals surface area contributed by atoms with Crippen LogP contribution in [0.25, 0.3) is 0 Å². The highest BCUT2D eigenvalue weighted by Gasteiger charge is 2.32. The average molecular weight is 419 g/mol. The molecule has 3 rings (SSSR count). The first-order valence-corrected chi connectivity index (χ1v) is 12.1. The second-order valence-corrected chi connectivity index (χ2v) is 10.0.